The van der Waals surface area contributed by atoms with Gasteiger partial charge in [-0.05, 0) is 66.8 Å². The first-order chi connectivity index (χ1) is 31.5. The molecule has 3 aliphatic heterocycles. The van der Waals surface area contributed by atoms with Crippen LogP contribution in [0.5, 0.6) is 12.0 Å². The summed E-state index contributed by atoms with van der Waals surface area (Å²) in [5, 5.41) is 5.57. The number of allylic oxidation sites excluding steroid dienone is 3. The Hall–Kier alpha value is -6.15. The number of carbonyl (C=O) groups is 3. The molecule has 3 aliphatic rings. The van der Waals surface area contributed by atoms with E-state index in [2.05, 4.69) is 24.8 Å². The third-order valence-electron chi connectivity index (χ3n) is 11.2. The van der Waals surface area contributed by atoms with Crippen molar-refractivity contribution in [3.63, 3.8) is 0 Å². The number of amides is 2. The summed E-state index contributed by atoms with van der Waals surface area (Å²) in [6.07, 6.45) is 5.87. The van der Waals surface area contributed by atoms with E-state index in [1.165, 1.54) is 35.6 Å². The van der Waals surface area contributed by atoms with E-state index < -0.39 is 43.4 Å². The average Bonchev–Trinajstić information content (AvgIpc) is 3.86. The van der Waals surface area contributed by atoms with Gasteiger partial charge in [0, 0.05) is 67.4 Å². The lowest BCUT2D eigenvalue weighted by Gasteiger charge is -2.28. The molecule has 5 aromatic rings. The molecule has 5 heterocycles. The maximum absolute atomic E-state index is 12.4. The van der Waals surface area contributed by atoms with Gasteiger partial charge in [-0.2, -0.15) is 31.4 Å². The van der Waals surface area contributed by atoms with Crippen LogP contribution in [0, 0.1) is 0 Å². The lowest BCUT2D eigenvalue weighted by molar-refractivity contribution is -0.670. The van der Waals surface area contributed by atoms with Crippen LogP contribution in [0.15, 0.2) is 76.2 Å². The standard InChI is InChI=1S/C42H43N7O14S3/c1-42-15-18-59-20-22-61-40-44-39(43-16-14-37(52)63-49-34(50)12-13-35(49)51)45-41(46-40)62-23-21-60-19-17-48-32-10-6-26-24-27(65(53,54)55)7-9-29(26)38(32)64-36(48)5-3-4-33(42)47(2)31-11-8-28(25-30(31)42)66(56,57)58/h3-11,24-25H,12-23H2,1-2H3,(H2-,43,44,45,46,53,54,55,56,57,58)/p+1. The van der Waals surface area contributed by atoms with E-state index in [4.69, 9.17) is 23.8 Å². The van der Waals surface area contributed by atoms with Crippen LogP contribution in [0.3, 0.4) is 0 Å². The van der Waals surface area contributed by atoms with Gasteiger partial charge in [0.05, 0.1) is 29.4 Å². The van der Waals surface area contributed by atoms with Crippen LogP contribution in [-0.2, 0) is 60.9 Å². The van der Waals surface area contributed by atoms with Crippen molar-refractivity contribution in [2.45, 2.75) is 54.4 Å². The number of thiazole rings is 1. The summed E-state index contributed by atoms with van der Waals surface area (Å²) in [6, 6.07) is 12.4. The number of hydrogen-bond acceptors (Lipinski definition) is 18. The number of hydrogen-bond donors (Lipinski definition) is 3. The normalized spacial score (nSPS) is 20.2. The van der Waals surface area contributed by atoms with E-state index in [0.29, 0.717) is 29.0 Å². The van der Waals surface area contributed by atoms with E-state index in [1.807, 2.05) is 43.2 Å². The zero-order valence-electron chi connectivity index (χ0n) is 35.5. The number of nitrogens with zero attached hydrogens (tertiary/aromatic N) is 6. The summed E-state index contributed by atoms with van der Waals surface area (Å²) in [5.41, 5.74) is 2.29. The summed E-state index contributed by atoms with van der Waals surface area (Å²) in [6.45, 7) is 3.04. The van der Waals surface area contributed by atoms with Crippen molar-refractivity contribution in [2.75, 3.05) is 63.5 Å². The molecule has 2 bridgehead atoms. The molecule has 21 nitrogen and oxygen atoms in total. The summed E-state index contributed by atoms with van der Waals surface area (Å²) in [7, 11) is -7.07. The van der Waals surface area contributed by atoms with Crippen LogP contribution in [-0.4, -0.2) is 117 Å². The molecule has 1 saturated heterocycles. The van der Waals surface area contributed by atoms with Gasteiger partial charge in [0.2, 0.25) is 11.5 Å². The highest BCUT2D eigenvalue weighted by Gasteiger charge is 2.42. The van der Waals surface area contributed by atoms with Gasteiger partial charge in [-0.25, -0.2) is 4.79 Å². The Balaban J connectivity index is 1.08. The summed E-state index contributed by atoms with van der Waals surface area (Å²) in [4.78, 5) is 55.3. The number of nitrogens with one attached hydrogen (secondary N) is 1. The molecule has 0 radical (unpaired) electrons. The molecule has 2 aromatic heterocycles. The zero-order chi connectivity index (χ0) is 46.8. The Kier molecular flexibility index (Phi) is 13.3. The minimum Gasteiger partial charge on any atom is -0.461 e. The van der Waals surface area contributed by atoms with Crippen molar-refractivity contribution in [1.82, 2.24) is 20.0 Å². The maximum Gasteiger partial charge on any atom is 0.334 e. The molecule has 0 spiro atoms. The quantitative estimate of drug-likeness (QED) is 0.119. The highest BCUT2D eigenvalue weighted by atomic mass is 32.2. The molecular formula is C42H44N7O14S3+. The lowest BCUT2D eigenvalue weighted by Crippen LogP contribution is -2.37. The molecule has 3 aromatic carbocycles. The van der Waals surface area contributed by atoms with E-state index in [0.717, 1.165) is 32.0 Å². The lowest BCUT2D eigenvalue weighted by atomic mass is 9.78. The Bertz CT molecular complexity index is 3020. The number of hydroxylamine groups is 2. The number of ether oxygens (including phenoxy) is 4. The number of benzene rings is 3. The van der Waals surface area contributed by atoms with Crippen molar-refractivity contribution in [3.05, 3.63) is 77.0 Å². The minimum atomic E-state index is -4.52. The predicted octanol–water partition coefficient (Wildman–Crippen LogP) is 3.63. The monoisotopic (exact) mass is 966 g/mol. The van der Waals surface area contributed by atoms with Gasteiger partial charge in [-0.1, -0.05) is 23.5 Å². The average molecular weight is 967 g/mol. The fourth-order valence-electron chi connectivity index (χ4n) is 7.86. The van der Waals surface area contributed by atoms with Crippen molar-refractivity contribution >= 4 is 88.1 Å². The van der Waals surface area contributed by atoms with Crippen molar-refractivity contribution < 1.29 is 68.7 Å². The third kappa shape index (κ3) is 9.98. The third-order valence-corrected chi connectivity index (χ3v) is 14.1. The highest BCUT2D eigenvalue weighted by Crippen LogP contribution is 2.50. The summed E-state index contributed by atoms with van der Waals surface area (Å²) in [5.74, 6) is -2.02. The molecule has 0 saturated carbocycles. The highest BCUT2D eigenvalue weighted by molar-refractivity contribution is 7.86. The maximum atomic E-state index is 12.4. The van der Waals surface area contributed by atoms with Crippen LogP contribution in [0.4, 0.5) is 11.6 Å². The Morgan fingerprint density at radius 1 is 0.879 bits per heavy atom. The molecule has 8 rings (SSSR count). The number of imide groups is 1. The fourth-order valence-corrected chi connectivity index (χ4v) is 10.1. The SMILES string of the molecule is CN1/C2=C\C=C/c3sc4c5ccc(S(=O)(=O)O)cc5ccc4[n+]3CCOCCOc3nc(NCCC(=O)ON4C(=O)CCC4=O)nc(n3)OCCOCCC2(C)c2cc(S(=O)(=O)O)ccc21. The number of anilines is 2. The van der Waals surface area contributed by atoms with E-state index >= 15 is 0 Å². The predicted molar refractivity (Wildman–Crippen MR) is 236 cm³/mol. The molecule has 3 N–H and O–H groups in total. The van der Waals surface area contributed by atoms with E-state index in [9.17, 15) is 40.3 Å². The van der Waals surface area contributed by atoms with Crippen LogP contribution in [0.2, 0.25) is 0 Å². The number of likely N-dealkylation sites (N-methyl/N-ethyl adjacent to an activating group) is 1. The second-order valence-corrected chi connectivity index (χ2v) is 19.3. The molecule has 24 heteroatoms. The van der Waals surface area contributed by atoms with Crippen molar-refractivity contribution in [1.29, 1.82) is 0 Å². The number of aromatic nitrogens is 4. The van der Waals surface area contributed by atoms with Crippen LogP contribution < -0.4 is 24.3 Å². The summed E-state index contributed by atoms with van der Waals surface area (Å²) >= 11 is 1.48. The zero-order valence-corrected chi connectivity index (χ0v) is 38.0. The molecule has 348 valence electrons. The van der Waals surface area contributed by atoms with Gasteiger partial charge in [-0.15, -0.1) is 10.0 Å². The number of rotatable bonds is 7. The first kappa shape index (κ1) is 46.4. The van der Waals surface area contributed by atoms with Gasteiger partial charge in [0.15, 0.2) is 6.54 Å². The van der Waals surface area contributed by atoms with Crippen LogP contribution in [0.1, 0.15) is 43.2 Å². The Morgan fingerprint density at radius 2 is 1.55 bits per heavy atom. The van der Waals surface area contributed by atoms with Gasteiger partial charge in [0.25, 0.3) is 37.1 Å². The molecule has 1 fully saturated rings. The Morgan fingerprint density at radius 3 is 2.24 bits per heavy atom. The molecule has 66 heavy (non-hydrogen) atoms. The topological polar surface area (TPSA) is 267 Å². The van der Waals surface area contributed by atoms with Crippen molar-refractivity contribution in [2.24, 2.45) is 0 Å². The number of fused-ring (bicyclic) bond motifs is 10. The molecule has 1 atom stereocenters. The van der Waals surface area contributed by atoms with Gasteiger partial charge in [-0.3, -0.25) is 18.7 Å². The fraction of sp³-hybridized carbons (Fsp3) is 0.357. The largest absolute Gasteiger partial charge is 0.461 e. The molecule has 0 aliphatic carbocycles. The van der Waals surface area contributed by atoms with Crippen molar-refractivity contribution in [3.8, 4) is 12.0 Å². The Labute approximate surface area is 382 Å². The molecular weight excluding hydrogens is 923 g/mol. The van der Waals surface area contributed by atoms with Gasteiger partial charge in [0.1, 0.15) is 24.5 Å². The van der Waals surface area contributed by atoms with Gasteiger partial charge >= 0.3 is 18.0 Å². The molecule has 2 amide bonds. The second kappa shape index (κ2) is 19.0. The van der Waals surface area contributed by atoms with Gasteiger partial charge < -0.3 is 34.0 Å². The molecule has 1 unspecified atom stereocenters. The van der Waals surface area contributed by atoms with E-state index in [1.54, 1.807) is 18.2 Å². The second-order valence-electron chi connectivity index (χ2n) is 15.4. The first-order valence-corrected chi connectivity index (χ1v) is 24.3. The smallest absolute Gasteiger partial charge is 0.334 e. The summed E-state index contributed by atoms with van der Waals surface area (Å²) < 4.78 is 94.7. The minimum absolute atomic E-state index is 0.00371. The van der Waals surface area contributed by atoms with Crippen LogP contribution in [0.25, 0.3) is 27.1 Å². The van der Waals surface area contributed by atoms with E-state index in [-0.39, 0.29) is 93.2 Å². The first-order valence-electron chi connectivity index (χ1n) is 20.6. The van der Waals surface area contributed by atoms with Crippen LogP contribution >= 0.6 is 11.3 Å². The number of carbonyl (C=O) groups excluding carboxylic acids is 3.